The first kappa shape index (κ1) is 21.3. The Labute approximate surface area is 165 Å². The van der Waals surface area contributed by atoms with Crippen molar-refractivity contribution < 1.29 is 36.9 Å². The molecule has 0 unspecified atom stereocenters. The van der Waals surface area contributed by atoms with Gasteiger partial charge in [0.15, 0.2) is 0 Å². The third-order valence-corrected chi connectivity index (χ3v) is 3.42. The monoisotopic (exact) mass is 454 g/mol. The third kappa shape index (κ3) is 9.33. The summed E-state index contributed by atoms with van der Waals surface area (Å²) < 4.78 is 0. The molecule has 22 heavy (non-hydrogen) atoms. The van der Waals surface area contributed by atoms with Crippen LogP contribution in [0.3, 0.4) is 0 Å². The zero-order valence-corrected chi connectivity index (χ0v) is 15.5. The average molecular weight is 454 g/mol. The summed E-state index contributed by atoms with van der Waals surface area (Å²) in [5, 5.41) is 0. The molecule has 0 bridgehead atoms. The second-order valence-corrected chi connectivity index (χ2v) is 4.94. The molecule has 0 fully saturated rings. The maximum absolute atomic E-state index is 2.16. The van der Waals surface area contributed by atoms with E-state index in [1.165, 1.54) is 16.7 Å². The van der Waals surface area contributed by atoms with Crippen LogP contribution in [0.4, 0.5) is 0 Å². The minimum absolute atomic E-state index is 0. The average Bonchev–Trinajstić information content (AvgIpc) is 3.31. The van der Waals surface area contributed by atoms with Crippen molar-refractivity contribution in [3.05, 3.63) is 89.5 Å². The van der Waals surface area contributed by atoms with Crippen molar-refractivity contribution in [3.63, 3.8) is 0 Å². The maximum atomic E-state index is 2.16. The van der Waals surface area contributed by atoms with E-state index in [1.807, 2.05) is 0 Å². The minimum atomic E-state index is 0. The molecule has 0 aliphatic carbocycles. The second kappa shape index (κ2) is 13.9. The van der Waals surface area contributed by atoms with E-state index in [9.17, 15) is 0 Å². The molecule has 0 aliphatic rings. The zero-order chi connectivity index (χ0) is 15.3. The molecule has 0 atom stereocenters. The van der Waals surface area contributed by atoms with Crippen LogP contribution in [0.2, 0.25) is 0 Å². The van der Waals surface area contributed by atoms with Gasteiger partial charge in [-0.2, -0.15) is 53.1 Å². The summed E-state index contributed by atoms with van der Waals surface area (Å²) in [6, 6.07) is 25.2. The predicted molar refractivity (Wildman–Crippen MR) is 94.2 cm³/mol. The van der Waals surface area contributed by atoms with Gasteiger partial charge in [-0.1, -0.05) is 40.0 Å². The molecular weight excluding hydrogens is 427 g/mol. The van der Waals surface area contributed by atoms with E-state index >= 15 is 0 Å². The first-order valence-corrected chi connectivity index (χ1v) is 7.91. The van der Waals surface area contributed by atoms with E-state index in [2.05, 4.69) is 93.6 Å². The van der Waals surface area contributed by atoms with Crippen molar-refractivity contribution in [2.75, 3.05) is 0 Å². The van der Waals surface area contributed by atoms with Crippen molar-refractivity contribution in [1.82, 2.24) is 0 Å². The van der Waals surface area contributed by atoms with Gasteiger partial charge in [0.2, 0.25) is 0 Å². The summed E-state index contributed by atoms with van der Waals surface area (Å²) in [6.07, 6.45) is 3.48. The summed E-state index contributed by atoms with van der Waals surface area (Å²) in [4.78, 5) is 0. The van der Waals surface area contributed by atoms with Crippen LogP contribution < -0.4 is 0 Å². The van der Waals surface area contributed by atoms with Crippen LogP contribution in [0.25, 0.3) is 0 Å². The number of rotatable bonds is 3. The van der Waals surface area contributed by atoms with E-state index in [0.29, 0.717) is 0 Å². The number of hydrogen-bond donors (Lipinski definition) is 0. The Kier molecular flexibility index (Phi) is 13.5. The summed E-state index contributed by atoms with van der Waals surface area (Å²) in [5.41, 5.74) is 4.29. The molecule has 0 amide bonds. The van der Waals surface area contributed by atoms with E-state index in [0.717, 1.165) is 19.3 Å². The minimum Gasteiger partial charge on any atom is -0.213 e. The van der Waals surface area contributed by atoms with Crippen LogP contribution >= 0.6 is 0 Å². The molecule has 1 heteroatoms. The number of aryl methyl sites for hydroxylation is 3. The van der Waals surface area contributed by atoms with Gasteiger partial charge in [-0.25, -0.2) is 36.4 Å². The Hall–Kier alpha value is -0.716. The summed E-state index contributed by atoms with van der Waals surface area (Å²) in [7, 11) is 0. The van der Waals surface area contributed by atoms with Crippen LogP contribution in [0.15, 0.2) is 72.8 Å². The molecule has 3 aromatic carbocycles. The fraction of sp³-hybridized carbons (Fsp3) is 0.286. The smallest absolute Gasteiger partial charge is 0.213 e. The Balaban J connectivity index is 0.000000294. The van der Waals surface area contributed by atoms with Crippen LogP contribution in [0, 0.1) is 36.9 Å². The molecule has 0 N–H and O–H groups in total. The fourth-order valence-electron chi connectivity index (χ4n) is 1.95. The van der Waals surface area contributed by atoms with Crippen molar-refractivity contribution in [2.45, 2.75) is 40.0 Å². The van der Waals surface area contributed by atoms with Crippen LogP contribution in [-0.2, 0) is 19.3 Å². The topological polar surface area (TPSA) is 0 Å². The molecule has 3 rings (SSSR count). The van der Waals surface area contributed by atoms with E-state index in [1.54, 1.807) is 0 Å². The van der Waals surface area contributed by atoms with Gasteiger partial charge in [-0.3, -0.25) is 0 Å². The van der Waals surface area contributed by atoms with E-state index in [-0.39, 0.29) is 36.9 Å². The zero-order valence-electron chi connectivity index (χ0n) is 13.8. The normalized spacial score (nSPS) is 8.86. The molecule has 0 spiro atoms. The predicted octanol–water partition coefficient (Wildman–Crippen LogP) is 5.90. The van der Waals surface area contributed by atoms with Crippen molar-refractivity contribution in [3.8, 4) is 0 Å². The first-order chi connectivity index (χ1) is 10.3. The van der Waals surface area contributed by atoms with Crippen molar-refractivity contribution in [1.29, 1.82) is 0 Å². The van der Waals surface area contributed by atoms with Crippen LogP contribution in [-0.4, -0.2) is 0 Å². The molecule has 0 radical (unpaired) electrons. The molecule has 0 saturated heterocycles. The van der Waals surface area contributed by atoms with Crippen molar-refractivity contribution in [2.24, 2.45) is 0 Å². The molecule has 0 aliphatic heterocycles. The second-order valence-electron chi connectivity index (χ2n) is 4.94. The van der Waals surface area contributed by atoms with Crippen LogP contribution in [0.5, 0.6) is 0 Å². The summed E-state index contributed by atoms with van der Waals surface area (Å²) in [5.74, 6) is 0. The van der Waals surface area contributed by atoms with Gasteiger partial charge in [0.05, 0.1) is 0 Å². The Morgan fingerprint density at radius 3 is 0.727 bits per heavy atom. The van der Waals surface area contributed by atoms with E-state index < -0.39 is 0 Å². The fourth-order valence-corrected chi connectivity index (χ4v) is 1.95. The summed E-state index contributed by atoms with van der Waals surface area (Å²) >= 11 is 0. The quantitative estimate of drug-likeness (QED) is 0.432. The van der Waals surface area contributed by atoms with Crippen molar-refractivity contribution >= 4 is 0 Å². The molecular formula is C21H27Lu. The van der Waals surface area contributed by atoms with Gasteiger partial charge < -0.3 is 0 Å². The SMILES string of the molecule is CC[c-]1cccc1.CC[c-]1cccc1.CC[c-]1cccc1.[Lu+3]. The van der Waals surface area contributed by atoms with Crippen LogP contribution in [0.1, 0.15) is 37.5 Å². The Morgan fingerprint density at radius 1 is 0.455 bits per heavy atom. The first-order valence-electron chi connectivity index (χ1n) is 7.91. The van der Waals surface area contributed by atoms with Gasteiger partial charge in [0, 0.05) is 0 Å². The molecule has 3 aromatic rings. The van der Waals surface area contributed by atoms with Gasteiger partial charge in [-0.05, 0) is 0 Å². The molecule has 0 aromatic heterocycles. The van der Waals surface area contributed by atoms with Gasteiger partial charge >= 0.3 is 36.9 Å². The molecule has 126 valence electrons. The van der Waals surface area contributed by atoms with E-state index in [4.69, 9.17) is 0 Å². The van der Waals surface area contributed by atoms with Gasteiger partial charge in [0.25, 0.3) is 0 Å². The molecule has 0 nitrogen and oxygen atoms in total. The molecule has 0 heterocycles. The standard InChI is InChI=1S/3C7H9.Lu/c3*1-2-7-5-3-4-6-7;/h3*3-6H,2H2,1H3;/q3*-1;+3. The maximum Gasteiger partial charge on any atom is 3.00 e. The third-order valence-electron chi connectivity index (χ3n) is 3.42. The summed E-state index contributed by atoms with van der Waals surface area (Å²) in [6.45, 7) is 6.49. The van der Waals surface area contributed by atoms with Gasteiger partial charge in [-0.15, -0.1) is 0 Å². The largest absolute Gasteiger partial charge is 3.00 e. The van der Waals surface area contributed by atoms with Gasteiger partial charge in [0.1, 0.15) is 0 Å². The Morgan fingerprint density at radius 2 is 0.636 bits per heavy atom. The number of hydrogen-bond acceptors (Lipinski definition) is 0. The Bertz CT molecular complexity index is 431. The molecule has 0 saturated carbocycles.